The lowest BCUT2D eigenvalue weighted by Gasteiger charge is -2.31. The summed E-state index contributed by atoms with van der Waals surface area (Å²) in [5, 5.41) is 14.4. The van der Waals surface area contributed by atoms with Crippen LogP contribution in [0.2, 0.25) is 5.02 Å². The molecule has 0 spiro atoms. The molecule has 2 aromatic carbocycles. The van der Waals surface area contributed by atoms with Gasteiger partial charge in [-0.1, -0.05) is 11.6 Å². The molecular weight excluding hydrogens is 428 g/mol. The third-order valence-corrected chi connectivity index (χ3v) is 5.22. The van der Waals surface area contributed by atoms with Crippen molar-refractivity contribution >= 4 is 46.2 Å². The van der Waals surface area contributed by atoms with Crippen molar-refractivity contribution in [2.45, 2.75) is 0 Å². The van der Waals surface area contributed by atoms with Gasteiger partial charge in [-0.25, -0.2) is 0 Å². The second kappa shape index (κ2) is 8.78. The van der Waals surface area contributed by atoms with E-state index in [9.17, 15) is 19.7 Å². The molecule has 0 aromatic heterocycles. The van der Waals surface area contributed by atoms with Crippen molar-refractivity contribution in [2.24, 2.45) is 0 Å². The van der Waals surface area contributed by atoms with E-state index in [-0.39, 0.29) is 24.5 Å². The number of carbonyl (C=O) groups is 2. The van der Waals surface area contributed by atoms with Crippen molar-refractivity contribution in [3.05, 3.63) is 51.5 Å². The minimum absolute atomic E-state index is 0.181. The summed E-state index contributed by atoms with van der Waals surface area (Å²) in [6.45, 7) is 1.91. The first-order valence-electron chi connectivity index (χ1n) is 9.56. The summed E-state index contributed by atoms with van der Waals surface area (Å²) >= 11 is 6.13. The molecule has 0 saturated carbocycles. The number of nitrogens with zero attached hydrogens (tertiary/aromatic N) is 3. The standard InChI is InChI=1S/C20H19ClN4O6/c21-13-1-3-16(23-5-7-30-8-6-23)15(9-13)22-19(26)11-24-17-10-14(25(28)29)2-4-18(17)31-12-20(24)27/h1-4,9-10H,5-8,11-12H2,(H,22,26). The number of nitro benzene ring substituents is 1. The molecule has 2 aromatic rings. The lowest BCUT2D eigenvalue weighted by molar-refractivity contribution is -0.384. The zero-order chi connectivity index (χ0) is 22.0. The van der Waals surface area contributed by atoms with E-state index in [1.165, 1.54) is 23.1 Å². The summed E-state index contributed by atoms with van der Waals surface area (Å²) in [7, 11) is 0. The first-order chi connectivity index (χ1) is 14.9. The number of ether oxygens (including phenoxy) is 2. The molecule has 2 amide bonds. The quantitative estimate of drug-likeness (QED) is 0.554. The van der Waals surface area contributed by atoms with Crippen molar-refractivity contribution < 1.29 is 24.0 Å². The summed E-state index contributed by atoms with van der Waals surface area (Å²) < 4.78 is 10.7. The smallest absolute Gasteiger partial charge is 0.271 e. The van der Waals surface area contributed by atoms with E-state index in [4.69, 9.17) is 21.1 Å². The van der Waals surface area contributed by atoms with Crippen LogP contribution in [0.25, 0.3) is 0 Å². The van der Waals surface area contributed by atoms with Gasteiger partial charge in [0.05, 0.1) is 35.2 Å². The Bertz CT molecular complexity index is 1040. The fraction of sp³-hybridized carbons (Fsp3) is 0.300. The Morgan fingerprint density at radius 1 is 1.16 bits per heavy atom. The number of anilines is 3. The Morgan fingerprint density at radius 2 is 1.94 bits per heavy atom. The van der Waals surface area contributed by atoms with Gasteiger partial charge in [-0.3, -0.25) is 24.6 Å². The van der Waals surface area contributed by atoms with Gasteiger partial charge in [-0.05, 0) is 24.3 Å². The molecular formula is C20H19ClN4O6. The van der Waals surface area contributed by atoms with E-state index in [1.807, 2.05) is 6.07 Å². The second-order valence-electron chi connectivity index (χ2n) is 6.99. The highest BCUT2D eigenvalue weighted by Gasteiger charge is 2.29. The molecule has 2 aliphatic heterocycles. The van der Waals surface area contributed by atoms with E-state index in [1.54, 1.807) is 12.1 Å². The number of halogens is 1. The summed E-state index contributed by atoms with van der Waals surface area (Å²) in [5.74, 6) is -0.637. The summed E-state index contributed by atoms with van der Waals surface area (Å²) in [4.78, 5) is 39.0. The first kappa shape index (κ1) is 20.9. The Hall–Kier alpha value is -3.37. The predicted molar refractivity (Wildman–Crippen MR) is 114 cm³/mol. The van der Waals surface area contributed by atoms with Gasteiger partial charge >= 0.3 is 0 Å². The predicted octanol–water partition coefficient (Wildman–Crippen LogP) is 2.45. The fourth-order valence-electron chi connectivity index (χ4n) is 3.50. The topological polar surface area (TPSA) is 114 Å². The molecule has 1 saturated heterocycles. The van der Waals surface area contributed by atoms with Crippen LogP contribution in [-0.4, -0.2) is 56.2 Å². The highest BCUT2D eigenvalue weighted by molar-refractivity contribution is 6.31. The second-order valence-corrected chi connectivity index (χ2v) is 7.42. The van der Waals surface area contributed by atoms with Gasteiger partial charge in [0, 0.05) is 30.2 Å². The molecule has 2 heterocycles. The fourth-order valence-corrected chi connectivity index (χ4v) is 3.67. The zero-order valence-corrected chi connectivity index (χ0v) is 17.1. The van der Waals surface area contributed by atoms with Gasteiger partial charge in [0.25, 0.3) is 11.6 Å². The number of fused-ring (bicyclic) bond motifs is 1. The van der Waals surface area contributed by atoms with Gasteiger partial charge in [-0.2, -0.15) is 0 Å². The zero-order valence-electron chi connectivity index (χ0n) is 16.4. The number of carbonyl (C=O) groups excluding carboxylic acids is 2. The molecule has 162 valence electrons. The molecule has 2 aliphatic rings. The van der Waals surface area contributed by atoms with Gasteiger partial charge in [0.2, 0.25) is 5.91 Å². The number of morpholine rings is 1. The molecule has 31 heavy (non-hydrogen) atoms. The first-order valence-corrected chi connectivity index (χ1v) is 9.94. The largest absolute Gasteiger partial charge is 0.482 e. The van der Waals surface area contributed by atoms with Crippen LogP contribution >= 0.6 is 11.6 Å². The molecule has 0 atom stereocenters. The van der Waals surface area contributed by atoms with E-state index >= 15 is 0 Å². The number of rotatable bonds is 5. The average molecular weight is 447 g/mol. The Balaban J connectivity index is 1.56. The van der Waals surface area contributed by atoms with Crippen molar-refractivity contribution in [3.8, 4) is 5.75 Å². The third kappa shape index (κ3) is 4.54. The van der Waals surface area contributed by atoms with Gasteiger partial charge < -0.3 is 19.7 Å². The Kier molecular flexibility index (Phi) is 5.92. The van der Waals surface area contributed by atoms with Crippen LogP contribution in [0.15, 0.2) is 36.4 Å². The third-order valence-electron chi connectivity index (χ3n) is 4.98. The Labute approximate surface area is 182 Å². The van der Waals surface area contributed by atoms with Crippen LogP contribution < -0.4 is 19.9 Å². The van der Waals surface area contributed by atoms with E-state index in [2.05, 4.69) is 10.2 Å². The number of hydrogen-bond donors (Lipinski definition) is 1. The highest BCUT2D eigenvalue weighted by Crippen LogP contribution is 2.35. The molecule has 0 aliphatic carbocycles. The molecule has 1 fully saturated rings. The number of nitro groups is 1. The summed E-state index contributed by atoms with van der Waals surface area (Å²) in [5.41, 5.74) is 1.29. The van der Waals surface area contributed by atoms with Crippen LogP contribution in [0.1, 0.15) is 0 Å². The number of nitrogens with one attached hydrogen (secondary N) is 1. The van der Waals surface area contributed by atoms with Crippen LogP contribution in [0.4, 0.5) is 22.7 Å². The van der Waals surface area contributed by atoms with Gasteiger partial charge in [0.1, 0.15) is 12.3 Å². The maximum absolute atomic E-state index is 12.8. The molecule has 0 radical (unpaired) electrons. The highest BCUT2D eigenvalue weighted by atomic mass is 35.5. The van der Waals surface area contributed by atoms with Crippen molar-refractivity contribution in [3.63, 3.8) is 0 Å². The van der Waals surface area contributed by atoms with Crippen molar-refractivity contribution in [2.75, 3.05) is 54.6 Å². The molecule has 11 heteroatoms. The summed E-state index contributed by atoms with van der Waals surface area (Å²) in [6, 6.07) is 9.12. The van der Waals surface area contributed by atoms with Crippen LogP contribution in [0.5, 0.6) is 5.75 Å². The maximum Gasteiger partial charge on any atom is 0.271 e. The molecule has 0 unspecified atom stereocenters. The van der Waals surface area contributed by atoms with E-state index < -0.39 is 16.7 Å². The number of benzene rings is 2. The molecule has 1 N–H and O–H groups in total. The van der Waals surface area contributed by atoms with Crippen molar-refractivity contribution in [1.82, 2.24) is 0 Å². The number of amides is 2. The molecule has 10 nitrogen and oxygen atoms in total. The number of non-ortho nitro benzene ring substituents is 1. The summed E-state index contributed by atoms with van der Waals surface area (Å²) in [6.07, 6.45) is 0. The maximum atomic E-state index is 12.8. The van der Waals surface area contributed by atoms with Gasteiger partial charge in [-0.15, -0.1) is 0 Å². The molecule has 4 rings (SSSR count). The average Bonchev–Trinajstić information content (AvgIpc) is 2.76. The van der Waals surface area contributed by atoms with Crippen LogP contribution in [0, 0.1) is 10.1 Å². The van der Waals surface area contributed by atoms with E-state index in [0.717, 1.165) is 5.69 Å². The lowest BCUT2D eigenvalue weighted by Crippen LogP contribution is -2.43. The minimum Gasteiger partial charge on any atom is -0.482 e. The normalized spacial score (nSPS) is 15.8. The van der Waals surface area contributed by atoms with Crippen molar-refractivity contribution in [1.29, 1.82) is 0 Å². The monoisotopic (exact) mass is 446 g/mol. The van der Waals surface area contributed by atoms with Crippen LogP contribution in [0.3, 0.4) is 0 Å². The lowest BCUT2D eigenvalue weighted by atomic mass is 10.2. The Morgan fingerprint density at radius 3 is 2.68 bits per heavy atom. The SMILES string of the molecule is O=C(CN1C(=O)COc2ccc([N+](=O)[O-])cc21)Nc1cc(Cl)ccc1N1CCOCC1. The minimum atomic E-state index is -0.571. The number of hydrogen-bond acceptors (Lipinski definition) is 7. The van der Waals surface area contributed by atoms with E-state index in [0.29, 0.717) is 42.8 Å². The van der Waals surface area contributed by atoms with Crippen LogP contribution in [-0.2, 0) is 14.3 Å². The molecule has 0 bridgehead atoms. The van der Waals surface area contributed by atoms with Gasteiger partial charge in [0.15, 0.2) is 6.61 Å².